The standard InChI is InChI=1S/C12H16OS/c1-11(2,3)12(4,13)8-7-10-6-5-9-14-10/h5-6,9,13H,1-4H3. The number of hydrogen-bond donors (Lipinski definition) is 1. The normalized spacial score (nSPS) is 15.5. The van der Waals surface area contributed by atoms with Crippen LogP contribution in [0.1, 0.15) is 32.6 Å². The van der Waals surface area contributed by atoms with E-state index < -0.39 is 5.60 Å². The molecule has 1 nitrogen and oxygen atoms in total. The first-order chi connectivity index (χ1) is 6.33. The summed E-state index contributed by atoms with van der Waals surface area (Å²) in [5.74, 6) is 5.91. The van der Waals surface area contributed by atoms with Crippen molar-refractivity contribution in [3.05, 3.63) is 22.4 Å². The zero-order chi connectivity index (χ0) is 10.8. The predicted molar refractivity (Wildman–Crippen MR) is 61.3 cm³/mol. The molecule has 1 rings (SSSR count). The lowest BCUT2D eigenvalue weighted by atomic mass is 9.78. The lowest BCUT2D eigenvalue weighted by molar-refractivity contribution is 0.0129. The van der Waals surface area contributed by atoms with Crippen LogP contribution in [-0.4, -0.2) is 10.7 Å². The summed E-state index contributed by atoms with van der Waals surface area (Å²) in [4.78, 5) is 0.995. The minimum Gasteiger partial charge on any atom is -0.377 e. The average Bonchev–Trinajstić information content (AvgIpc) is 2.50. The SMILES string of the molecule is CC(C)(C)C(C)(O)C#Cc1cccs1. The van der Waals surface area contributed by atoms with Gasteiger partial charge in [0.1, 0.15) is 5.60 Å². The number of rotatable bonds is 0. The summed E-state index contributed by atoms with van der Waals surface area (Å²) in [6, 6.07) is 3.91. The van der Waals surface area contributed by atoms with E-state index in [9.17, 15) is 5.11 Å². The first-order valence-electron chi connectivity index (χ1n) is 4.62. The summed E-state index contributed by atoms with van der Waals surface area (Å²) in [6.07, 6.45) is 0. The highest BCUT2D eigenvalue weighted by atomic mass is 32.1. The van der Waals surface area contributed by atoms with Gasteiger partial charge in [0.25, 0.3) is 0 Å². The summed E-state index contributed by atoms with van der Waals surface area (Å²) in [5, 5.41) is 12.1. The third kappa shape index (κ3) is 2.60. The van der Waals surface area contributed by atoms with Crippen LogP contribution in [0.5, 0.6) is 0 Å². The van der Waals surface area contributed by atoms with E-state index in [1.165, 1.54) is 0 Å². The van der Waals surface area contributed by atoms with Crippen LogP contribution in [0.25, 0.3) is 0 Å². The van der Waals surface area contributed by atoms with Crippen LogP contribution in [0.3, 0.4) is 0 Å². The lowest BCUT2D eigenvalue weighted by Gasteiger charge is -2.32. The van der Waals surface area contributed by atoms with Crippen molar-refractivity contribution in [2.24, 2.45) is 5.41 Å². The molecule has 0 bridgehead atoms. The topological polar surface area (TPSA) is 20.2 Å². The highest BCUT2D eigenvalue weighted by Gasteiger charge is 2.33. The van der Waals surface area contributed by atoms with Gasteiger partial charge in [-0.25, -0.2) is 0 Å². The van der Waals surface area contributed by atoms with E-state index in [4.69, 9.17) is 0 Å². The van der Waals surface area contributed by atoms with E-state index in [1.54, 1.807) is 18.3 Å². The largest absolute Gasteiger partial charge is 0.377 e. The fraction of sp³-hybridized carbons (Fsp3) is 0.500. The Morgan fingerprint density at radius 3 is 2.36 bits per heavy atom. The third-order valence-electron chi connectivity index (χ3n) is 2.41. The third-order valence-corrected chi connectivity index (χ3v) is 3.20. The summed E-state index contributed by atoms with van der Waals surface area (Å²) in [7, 11) is 0. The van der Waals surface area contributed by atoms with Gasteiger partial charge in [0, 0.05) is 5.41 Å². The molecule has 0 aliphatic heterocycles. The molecule has 0 saturated carbocycles. The molecule has 0 spiro atoms. The van der Waals surface area contributed by atoms with Gasteiger partial charge in [-0.05, 0) is 18.4 Å². The zero-order valence-electron chi connectivity index (χ0n) is 9.09. The Hall–Kier alpha value is -0.780. The molecule has 0 saturated heterocycles. The monoisotopic (exact) mass is 208 g/mol. The van der Waals surface area contributed by atoms with Crippen LogP contribution >= 0.6 is 11.3 Å². The molecular formula is C12H16OS. The van der Waals surface area contributed by atoms with Crippen molar-refractivity contribution < 1.29 is 5.11 Å². The molecule has 1 unspecified atom stereocenters. The molecular weight excluding hydrogens is 192 g/mol. The minimum absolute atomic E-state index is 0.225. The molecule has 14 heavy (non-hydrogen) atoms. The fourth-order valence-corrected chi connectivity index (χ4v) is 1.29. The van der Waals surface area contributed by atoms with Crippen LogP contribution < -0.4 is 0 Å². The molecule has 0 aromatic carbocycles. The maximum Gasteiger partial charge on any atom is 0.127 e. The van der Waals surface area contributed by atoms with Crippen molar-refractivity contribution in [2.75, 3.05) is 0 Å². The van der Waals surface area contributed by atoms with E-state index in [-0.39, 0.29) is 5.41 Å². The van der Waals surface area contributed by atoms with Crippen LogP contribution in [0.2, 0.25) is 0 Å². The molecule has 1 aromatic heterocycles. The van der Waals surface area contributed by atoms with Crippen LogP contribution in [0.15, 0.2) is 17.5 Å². The molecule has 1 aromatic rings. The first kappa shape index (κ1) is 11.3. The molecule has 0 fully saturated rings. The Labute approximate surface area is 89.8 Å². The smallest absolute Gasteiger partial charge is 0.127 e. The second-order valence-electron chi connectivity index (χ2n) is 4.55. The first-order valence-corrected chi connectivity index (χ1v) is 5.50. The average molecular weight is 208 g/mol. The lowest BCUT2D eigenvalue weighted by Crippen LogP contribution is -2.38. The maximum atomic E-state index is 10.1. The van der Waals surface area contributed by atoms with Gasteiger partial charge in [0.05, 0.1) is 4.88 Å². The molecule has 1 N–H and O–H groups in total. The van der Waals surface area contributed by atoms with Crippen molar-refractivity contribution in [1.82, 2.24) is 0 Å². The molecule has 0 amide bonds. The van der Waals surface area contributed by atoms with Gasteiger partial charge >= 0.3 is 0 Å². The second kappa shape index (κ2) is 3.76. The Balaban J connectivity index is 2.87. The number of aliphatic hydroxyl groups is 1. The zero-order valence-corrected chi connectivity index (χ0v) is 9.90. The van der Waals surface area contributed by atoms with Crippen molar-refractivity contribution in [3.63, 3.8) is 0 Å². The van der Waals surface area contributed by atoms with E-state index >= 15 is 0 Å². The van der Waals surface area contributed by atoms with Gasteiger partial charge in [-0.2, -0.15) is 0 Å². The molecule has 2 heteroatoms. The summed E-state index contributed by atoms with van der Waals surface area (Å²) < 4.78 is 0. The Morgan fingerprint density at radius 2 is 1.93 bits per heavy atom. The molecule has 0 aliphatic carbocycles. The Morgan fingerprint density at radius 1 is 1.29 bits per heavy atom. The van der Waals surface area contributed by atoms with Gasteiger partial charge in [-0.3, -0.25) is 0 Å². The van der Waals surface area contributed by atoms with Crippen molar-refractivity contribution >= 4 is 11.3 Å². The molecule has 0 aliphatic rings. The summed E-state index contributed by atoms with van der Waals surface area (Å²) >= 11 is 1.59. The van der Waals surface area contributed by atoms with Gasteiger partial charge < -0.3 is 5.11 Å². The minimum atomic E-state index is -0.947. The molecule has 1 atom stereocenters. The predicted octanol–water partition coefficient (Wildman–Crippen LogP) is 2.90. The van der Waals surface area contributed by atoms with Crippen LogP contribution in [-0.2, 0) is 0 Å². The van der Waals surface area contributed by atoms with Gasteiger partial charge in [0.15, 0.2) is 0 Å². The molecule has 0 radical (unpaired) electrons. The van der Waals surface area contributed by atoms with Crippen molar-refractivity contribution in [3.8, 4) is 11.8 Å². The molecule has 76 valence electrons. The number of hydrogen-bond acceptors (Lipinski definition) is 2. The number of thiophene rings is 1. The van der Waals surface area contributed by atoms with E-state index in [0.717, 1.165) is 4.88 Å². The van der Waals surface area contributed by atoms with Crippen LogP contribution in [0.4, 0.5) is 0 Å². The van der Waals surface area contributed by atoms with E-state index in [1.807, 2.05) is 38.3 Å². The maximum absolute atomic E-state index is 10.1. The highest BCUT2D eigenvalue weighted by molar-refractivity contribution is 7.10. The van der Waals surface area contributed by atoms with E-state index in [0.29, 0.717) is 0 Å². The Bertz CT molecular complexity index is 344. The Kier molecular flexibility index (Phi) is 3.04. The second-order valence-corrected chi connectivity index (χ2v) is 5.50. The summed E-state index contributed by atoms with van der Waals surface area (Å²) in [6.45, 7) is 7.70. The van der Waals surface area contributed by atoms with Crippen LogP contribution in [0, 0.1) is 17.3 Å². The highest BCUT2D eigenvalue weighted by Crippen LogP contribution is 2.29. The van der Waals surface area contributed by atoms with Crippen molar-refractivity contribution in [1.29, 1.82) is 0 Å². The van der Waals surface area contributed by atoms with E-state index in [2.05, 4.69) is 11.8 Å². The quantitative estimate of drug-likeness (QED) is 0.650. The van der Waals surface area contributed by atoms with Gasteiger partial charge in [-0.15, -0.1) is 11.3 Å². The fourth-order valence-electron chi connectivity index (χ4n) is 0.720. The summed E-state index contributed by atoms with van der Waals surface area (Å²) in [5.41, 5.74) is -1.17. The van der Waals surface area contributed by atoms with Gasteiger partial charge in [0.2, 0.25) is 0 Å². The molecule has 1 heterocycles. The van der Waals surface area contributed by atoms with Crippen molar-refractivity contribution in [2.45, 2.75) is 33.3 Å². The van der Waals surface area contributed by atoms with Gasteiger partial charge in [-0.1, -0.05) is 38.7 Å².